The van der Waals surface area contributed by atoms with Gasteiger partial charge in [0.15, 0.2) is 0 Å². The number of rotatable bonds is 9. The van der Waals surface area contributed by atoms with Crippen LogP contribution in [0.25, 0.3) is 0 Å². The highest BCUT2D eigenvalue weighted by Crippen LogP contribution is 2.28. The van der Waals surface area contributed by atoms with Crippen molar-refractivity contribution in [3.8, 4) is 5.75 Å². The van der Waals surface area contributed by atoms with Crippen LogP contribution in [0.4, 0.5) is 0 Å². The molecular weight excluding hydrogens is 246 g/mol. The summed E-state index contributed by atoms with van der Waals surface area (Å²) in [6.45, 7) is 12.0. The zero-order valence-corrected chi connectivity index (χ0v) is 13.8. The van der Waals surface area contributed by atoms with Gasteiger partial charge in [-0.1, -0.05) is 45.9 Å². The minimum Gasteiger partial charge on any atom is -0.489 e. The van der Waals surface area contributed by atoms with E-state index in [1.54, 1.807) is 0 Å². The summed E-state index contributed by atoms with van der Waals surface area (Å²) in [5.41, 5.74) is 1.32. The maximum atomic E-state index is 6.15. The largest absolute Gasteiger partial charge is 0.489 e. The van der Waals surface area contributed by atoms with Crippen molar-refractivity contribution < 1.29 is 4.74 Å². The normalized spacial score (nSPS) is 14.3. The highest BCUT2D eigenvalue weighted by Gasteiger charge is 2.13. The van der Waals surface area contributed by atoms with E-state index < -0.39 is 0 Å². The molecule has 2 heteroatoms. The van der Waals surface area contributed by atoms with Gasteiger partial charge in [0.2, 0.25) is 0 Å². The second kappa shape index (κ2) is 9.02. The Balaban J connectivity index is 2.59. The second-order valence-corrected chi connectivity index (χ2v) is 5.70. The molecular formula is C18H31NO. The van der Waals surface area contributed by atoms with Gasteiger partial charge >= 0.3 is 0 Å². The Kier molecular flexibility index (Phi) is 7.68. The van der Waals surface area contributed by atoms with E-state index in [0.717, 1.165) is 18.7 Å². The molecule has 0 bridgehead atoms. The first kappa shape index (κ1) is 17.0. The zero-order chi connectivity index (χ0) is 15.0. The third kappa shape index (κ3) is 5.16. The molecule has 0 heterocycles. The minimum absolute atomic E-state index is 0.195. The van der Waals surface area contributed by atoms with Crippen molar-refractivity contribution in [2.75, 3.05) is 6.54 Å². The van der Waals surface area contributed by atoms with E-state index in [1.807, 2.05) is 0 Å². The predicted octanol–water partition coefficient (Wildman–Crippen LogP) is 4.75. The summed E-state index contributed by atoms with van der Waals surface area (Å²) in [4.78, 5) is 0. The Labute approximate surface area is 124 Å². The van der Waals surface area contributed by atoms with E-state index in [2.05, 4.69) is 64.2 Å². The number of para-hydroxylation sites is 1. The van der Waals surface area contributed by atoms with Gasteiger partial charge in [-0.15, -0.1) is 0 Å². The van der Waals surface area contributed by atoms with Crippen LogP contribution in [0.3, 0.4) is 0 Å². The summed E-state index contributed by atoms with van der Waals surface area (Å²) in [7, 11) is 0. The highest BCUT2D eigenvalue weighted by molar-refractivity contribution is 5.36. The average molecular weight is 277 g/mol. The fourth-order valence-corrected chi connectivity index (χ4v) is 2.38. The Morgan fingerprint density at radius 1 is 1.00 bits per heavy atom. The van der Waals surface area contributed by atoms with Gasteiger partial charge in [0, 0.05) is 12.6 Å². The molecule has 0 aliphatic heterocycles. The second-order valence-electron chi connectivity index (χ2n) is 5.70. The Morgan fingerprint density at radius 3 is 2.25 bits per heavy atom. The molecule has 0 aliphatic carbocycles. The van der Waals surface area contributed by atoms with Crippen LogP contribution < -0.4 is 10.1 Å². The molecule has 2 atom stereocenters. The lowest BCUT2D eigenvalue weighted by atomic mass is 9.98. The van der Waals surface area contributed by atoms with Crippen LogP contribution in [0.1, 0.15) is 65.4 Å². The molecule has 0 fully saturated rings. The maximum Gasteiger partial charge on any atom is 0.123 e. The molecule has 0 aliphatic rings. The van der Waals surface area contributed by atoms with Crippen LogP contribution in [0.2, 0.25) is 0 Å². The van der Waals surface area contributed by atoms with Crippen molar-refractivity contribution >= 4 is 0 Å². The summed E-state index contributed by atoms with van der Waals surface area (Å²) >= 11 is 0. The van der Waals surface area contributed by atoms with Gasteiger partial charge < -0.3 is 10.1 Å². The third-order valence-electron chi connectivity index (χ3n) is 4.07. The average Bonchev–Trinajstić information content (AvgIpc) is 2.48. The number of benzene rings is 1. The first-order chi connectivity index (χ1) is 9.62. The number of ether oxygens (including phenoxy) is 1. The number of hydrogen-bond donors (Lipinski definition) is 1. The highest BCUT2D eigenvalue weighted by atomic mass is 16.5. The molecule has 1 aromatic rings. The summed E-state index contributed by atoms with van der Waals surface area (Å²) in [6.07, 6.45) is 3.68. The van der Waals surface area contributed by atoms with Crippen LogP contribution in [0.15, 0.2) is 24.3 Å². The van der Waals surface area contributed by atoms with Crippen LogP contribution in [-0.4, -0.2) is 18.7 Å². The lowest BCUT2D eigenvalue weighted by Crippen LogP contribution is -2.36. The van der Waals surface area contributed by atoms with Crippen molar-refractivity contribution in [1.82, 2.24) is 5.32 Å². The quantitative estimate of drug-likeness (QED) is 0.703. The lowest BCUT2D eigenvalue weighted by Gasteiger charge is -2.22. The fraction of sp³-hybridized carbons (Fsp3) is 0.667. The Bertz CT molecular complexity index is 373. The summed E-state index contributed by atoms with van der Waals surface area (Å²) in [6, 6.07) is 9.04. The minimum atomic E-state index is 0.195. The van der Waals surface area contributed by atoms with Gasteiger partial charge in [0.1, 0.15) is 11.9 Å². The molecule has 2 nitrogen and oxygen atoms in total. The Morgan fingerprint density at radius 2 is 1.65 bits per heavy atom. The van der Waals surface area contributed by atoms with Crippen molar-refractivity contribution in [2.45, 2.75) is 71.9 Å². The van der Waals surface area contributed by atoms with Crippen molar-refractivity contribution in [2.24, 2.45) is 0 Å². The Hall–Kier alpha value is -1.02. The van der Waals surface area contributed by atoms with Crippen molar-refractivity contribution in [1.29, 1.82) is 0 Å². The molecule has 0 aromatic heterocycles. The van der Waals surface area contributed by atoms with Gasteiger partial charge in [0.25, 0.3) is 0 Å². The van der Waals surface area contributed by atoms with Crippen LogP contribution in [-0.2, 0) is 0 Å². The first-order valence-electron chi connectivity index (χ1n) is 8.11. The van der Waals surface area contributed by atoms with Gasteiger partial charge in [-0.25, -0.2) is 0 Å². The standard InChI is InChI=1S/C18H31NO/c1-6-14(4)17-11-9-10-12-18(17)20-15(5)13-19-16(7-2)8-3/h9-12,14-16,19H,6-8,13H2,1-5H3. The number of nitrogens with one attached hydrogen (secondary N) is 1. The van der Waals surface area contributed by atoms with Gasteiger partial charge in [-0.05, 0) is 43.7 Å². The molecule has 0 spiro atoms. The zero-order valence-electron chi connectivity index (χ0n) is 13.8. The smallest absolute Gasteiger partial charge is 0.123 e. The van der Waals surface area contributed by atoms with Crippen LogP contribution in [0, 0.1) is 0 Å². The molecule has 20 heavy (non-hydrogen) atoms. The topological polar surface area (TPSA) is 21.3 Å². The monoisotopic (exact) mass is 277 g/mol. The van der Waals surface area contributed by atoms with E-state index in [0.29, 0.717) is 12.0 Å². The molecule has 0 saturated carbocycles. The van der Waals surface area contributed by atoms with Crippen molar-refractivity contribution in [3.63, 3.8) is 0 Å². The van der Waals surface area contributed by atoms with Crippen LogP contribution in [0.5, 0.6) is 5.75 Å². The maximum absolute atomic E-state index is 6.15. The van der Waals surface area contributed by atoms with Gasteiger partial charge in [0.05, 0.1) is 0 Å². The van der Waals surface area contributed by atoms with Gasteiger partial charge in [-0.2, -0.15) is 0 Å². The summed E-state index contributed by atoms with van der Waals surface area (Å²) < 4.78 is 6.15. The summed E-state index contributed by atoms with van der Waals surface area (Å²) in [5.74, 6) is 1.59. The summed E-state index contributed by atoms with van der Waals surface area (Å²) in [5, 5.41) is 3.58. The molecule has 0 amide bonds. The van der Waals surface area contributed by atoms with E-state index in [9.17, 15) is 0 Å². The number of hydrogen-bond acceptors (Lipinski definition) is 2. The first-order valence-corrected chi connectivity index (χ1v) is 8.11. The molecule has 114 valence electrons. The van der Waals surface area contributed by atoms with Gasteiger partial charge in [-0.3, -0.25) is 0 Å². The van der Waals surface area contributed by atoms with Crippen molar-refractivity contribution in [3.05, 3.63) is 29.8 Å². The predicted molar refractivity (Wildman–Crippen MR) is 87.6 cm³/mol. The van der Waals surface area contributed by atoms with E-state index in [4.69, 9.17) is 4.74 Å². The lowest BCUT2D eigenvalue weighted by molar-refractivity contribution is 0.207. The molecule has 2 unspecified atom stereocenters. The molecule has 1 N–H and O–H groups in total. The third-order valence-corrected chi connectivity index (χ3v) is 4.07. The van der Waals surface area contributed by atoms with E-state index in [-0.39, 0.29) is 6.10 Å². The SMILES string of the molecule is CCC(CC)NCC(C)Oc1ccccc1C(C)CC. The molecule has 0 radical (unpaired) electrons. The van der Waals surface area contributed by atoms with Crippen LogP contribution >= 0.6 is 0 Å². The van der Waals surface area contributed by atoms with E-state index >= 15 is 0 Å². The fourth-order valence-electron chi connectivity index (χ4n) is 2.38. The van der Waals surface area contributed by atoms with E-state index in [1.165, 1.54) is 18.4 Å². The molecule has 0 saturated heterocycles. The molecule has 1 rings (SSSR count). The molecule has 1 aromatic carbocycles.